The molecule has 1 aliphatic carbocycles. The van der Waals surface area contributed by atoms with E-state index in [1.54, 1.807) is 4.90 Å². The summed E-state index contributed by atoms with van der Waals surface area (Å²) in [6.45, 7) is 9.99. The SMILES string of the molecule is [CH2-]C1=NC2(CCCC2)C(=O)N1C(C)(C)C.[V].[V].[V].[V]. The summed E-state index contributed by atoms with van der Waals surface area (Å²) in [6.07, 6.45) is 4.02. The van der Waals surface area contributed by atoms with Gasteiger partial charge >= 0.3 is 0 Å². The molecule has 0 aromatic rings. The first kappa shape index (κ1) is 25.3. The van der Waals surface area contributed by atoms with Crippen molar-refractivity contribution in [1.29, 1.82) is 0 Å². The van der Waals surface area contributed by atoms with Gasteiger partial charge in [0.2, 0.25) is 0 Å². The summed E-state index contributed by atoms with van der Waals surface area (Å²) in [7, 11) is 0. The van der Waals surface area contributed by atoms with Crippen LogP contribution in [0.5, 0.6) is 0 Å². The quantitative estimate of drug-likeness (QED) is 0.563. The van der Waals surface area contributed by atoms with Crippen molar-refractivity contribution >= 4 is 11.7 Å². The molecule has 0 saturated heterocycles. The second-order valence-electron chi connectivity index (χ2n) is 5.58. The maximum absolute atomic E-state index is 12.4. The van der Waals surface area contributed by atoms with Crippen LogP contribution in [0, 0.1) is 6.92 Å². The van der Waals surface area contributed by atoms with Crippen LogP contribution < -0.4 is 0 Å². The van der Waals surface area contributed by atoms with E-state index < -0.39 is 5.54 Å². The smallest absolute Gasteiger partial charge is 0.254 e. The van der Waals surface area contributed by atoms with Crippen molar-refractivity contribution in [1.82, 2.24) is 4.90 Å². The number of hydrogen-bond acceptors (Lipinski definition) is 2. The minimum Gasteiger partial charge on any atom is -0.340 e. The zero-order chi connectivity index (χ0) is 11.3. The molecular formula is C12H19N2OV4-. The average Bonchev–Trinajstić information content (AvgIpc) is 2.59. The van der Waals surface area contributed by atoms with Crippen LogP contribution in [0.25, 0.3) is 0 Å². The summed E-state index contributed by atoms with van der Waals surface area (Å²) >= 11 is 0. The van der Waals surface area contributed by atoms with Crippen molar-refractivity contribution in [3.05, 3.63) is 6.92 Å². The van der Waals surface area contributed by atoms with Gasteiger partial charge in [0.1, 0.15) is 5.54 Å². The van der Waals surface area contributed by atoms with E-state index >= 15 is 0 Å². The molecule has 1 amide bonds. The molecule has 4 radical (unpaired) electrons. The largest absolute Gasteiger partial charge is 0.340 e. The van der Waals surface area contributed by atoms with Gasteiger partial charge in [0.15, 0.2) is 0 Å². The molecule has 3 nitrogen and oxygen atoms in total. The third-order valence-corrected chi connectivity index (χ3v) is 3.30. The molecule has 2 rings (SSSR count). The molecule has 2 aliphatic rings. The zero-order valence-corrected chi connectivity index (χ0v) is 17.2. The molecule has 0 atom stereocenters. The Labute approximate surface area is 164 Å². The van der Waals surface area contributed by atoms with E-state index in [0.29, 0.717) is 5.84 Å². The van der Waals surface area contributed by atoms with Gasteiger partial charge in [-0.05, 0) is 39.4 Å². The third-order valence-electron chi connectivity index (χ3n) is 3.30. The molecular weight excluding hydrogens is 392 g/mol. The molecule has 7 heteroatoms. The van der Waals surface area contributed by atoms with Crippen LogP contribution in [0.15, 0.2) is 4.99 Å². The van der Waals surface area contributed by atoms with Gasteiger partial charge in [-0.1, -0.05) is 12.8 Å². The van der Waals surface area contributed by atoms with Crippen LogP contribution >= 0.6 is 0 Å². The summed E-state index contributed by atoms with van der Waals surface area (Å²) in [6, 6.07) is 0. The van der Waals surface area contributed by atoms with Crippen LogP contribution in [0.3, 0.4) is 0 Å². The van der Waals surface area contributed by atoms with Crippen molar-refractivity contribution < 1.29 is 79.0 Å². The molecule has 19 heavy (non-hydrogen) atoms. The van der Waals surface area contributed by atoms with Crippen molar-refractivity contribution in [2.45, 2.75) is 57.5 Å². The van der Waals surface area contributed by atoms with E-state index in [-0.39, 0.29) is 85.7 Å². The molecule has 104 valence electrons. The second kappa shape index (κ2) is 8.71. The van der Waals surface area contributed by atoms with Gasteiger partial charge in [-0.25, -0.2) is 0 Å². The van der Waals surface area contributed by atoms with Gasteiger partial charge in [-0.3, -0.25) is 9.79 Å². The Morgan fingerprint density at radius 1 is 1.11 bits per heavy atom. The molecule has 1 fully saturated rings. The first-order valence-electron chi connectivity index (χ1n) is 5.63. The summed E-state index contributed by atoms with van der Waals surface area (Å²) < 4.78 is 0. The molecule has 0 N–H and O–H groups in total. The Morgan fingerprint density at radius 2 is 1.53 bits per heavy atom. The van der Waals surface area contributed by atoms with Gasteiger partial charge in [0.25, 0.3) is 5.91 Å². The second-order valence-corrected chi connectivity index (χ2v) is 5.58. The van der Waals surface area contributed by atoms with E-state index in [0.717, 1.165) is 25.7 Å². The first-order chi connectivity index (χ1) is 6.87. The Kier molecular flexibility index (Phi) is 11.6. The number of carbonyl (C=O) groups is 1. The van der Waals surface area contributed by atoms with Crippen molar-refractivity contribution in [2.75, 3.05) is 0 Å². The van der Waals surface area contributed by atoms with E-state index in [1.807, 2.05) is 20.8 Å². The topological polar surface area (TPSA) is 32.7 Å². The van der Waals surface area contributed by atoms with Crippen LogP contribution in [-0.2, 0) is 79.0 Å². The van der Waals surface area contributed by atoms with Gasteiger partial charge in [0.05, 0.1) is 0 Å². The average molecular weight is 411 g/mol. The predicted octanol–water partition coefficient (Wildman–Crippen LogP) is 2.16. The standard InChI is InChI=1S/C12H19N2O.4V/c1-9-13-12(7-5-6-8-12)10(15)14(9)11(2,3)4;;;;/h1,5-8H2,2-4H3;;;;/q-1;;;;. The Bertz CT molecular complexity index is 333. The van der Waals surface area contributed by atoms with Crippen LogP contribution in [0.4, 0.5) is 0 Å². The summed E-state index contributed by atoms with van der Waals surface area (Å²) in [5.41, 5.74) is -0.645. The number of amides is 1. The van der Waals surface area contributed by atoms with Gasteiger partial charge in [-0.15, -0.1) is 0 Å². The molecule has 0 bridgehead atoms. The van der Waals surface area contributed by atoms with Crippen molar-refractivity contribution in [2.24, 2.45) is 4.99 Å². The zero-order valence-electron chi connectivity index (χ0n) is 11.6. The molecule has 0 aromatic carbocycles. The molecule has 1 saturated carbocycles. The minimum atomic E-state index is -0.440. The molecule has 1 aliphatic heterocycles. The minimum absolute atomic E-state index is 0. The number of carbonyl (C=O) groups excluding carboxylic acids is 1. The van der Waals surface area contributed by atoms with Crippen LogP contribution in [0.2, 0.25) is 0 Å². The van der Waals surface area contributed by atoms with Crippen LogP contribution in [0.1, 0.15) is 46.5 Å². The van der Waals surface area contributed by atoms with E-state index in [1.165, 1.54) is 0 Å². The number of rotatable bonds is 0. The fourth-order valence-electron chi connectivity index (χ4n) is 2.65. The van der Waals surface area contributed by atoms with Crippen LogP contribution in [-0.4, -0.2) is 27.7 Å². The summed E-state index contributed by atoms with van der Waals surface area (Å²) in [5, 5.41) is 0. The van der Waals surface area contributed by atoms with E-state index in [4.69, 9.17) is 0 Å². The first-order valence-corrected chi connectivity index (χ1v) is 5.63. The van der Waals surface area contributed by atoms with Gasteiger partial charge in [-0.2, -0.15) is 0 Å². The summed E-state index contributed by atoms with van der Waals surface area (Å²) in [4.78, 5) is 18.7. The maximum atomic E-state index is 12.4. The Hall–Kier alpha value is 1.35. The maximum Gasteiger partial charge on any atom is 0.254 e. The fraction of sp³-hybridized carbons (Fsp3) is 0.750. The number of aliphatic imine (C=N–C) groups is 1. The number of nitrogens with zero attached hydrogens (tertiary/aromatic N) is 2. The Balaban J connectivity index is -0.000000640. The monoisotopic (exact) mass is 411 g/mol. The normalized spacial score (nSPS) is 19.8. The molecule has 0 aromatic heterocycles. The molecule has 0 unspecified atom stereocenters. The Morgan fingerprint density at radius 3 is 1.84 bits per heavy atom. The fourth-order valence-corrected chi connectivity index (χ4v) is 2.65. The summed E-state index contributed by atoms with van der Waals surface area (Å²) in [5.74, 6) is 0.812. The molecule has 1 spiro atoms. The third kappa shape index (κ3) is 4.66. The van der Waals surface area contributed by atoms with Crippen molar-refractivity contribution in [3.63, 3.8) is 0 Å². The molecule has 1 heterocycles. The predicted molar refractivity (Wildman–Crippen MR) is 60.6 cm³/mol. The van der Waals surface area contributed by atoms with Gasteiger partial charge < -0.3 is 11.8 Å². The number of hydrogen-bond donors (Lipinski definition) is 0. The van der Waals surface area contributed by atoms with E-state index in [9.17, 15) is 4.79 Å². The van der Waals surface area contributed by atoms with E-state index in [2.05, 4.69) is 11.9 Å². The van der Waals surface area contributed by atoms with Gasteiger partial charge in [0, 0.05) is 79.8 Å². The number of amidine groups is 1. The van der Waals surface area contributed by atoms with Crippen molar-refractivity contribution in [3.8, 4) is 0 Å².